The van der Waals surface area contributed by atoms with Crippen molar-refractivity contribution < 1.29 is 38.5 Å². The number of carboxylic acids is 1. The molecule has 10 nitrogen and oxygen atoms in total. The molecule has 10 heteroatoms. The summed E-state index contributed by atoms with van der Waals surface area (Å²) in [6.45, 7) is 6.67. The van der Waals surface area contributed by atoms with Gasteiger partial charge in [0.05, 0.1) is 19.1 Å². The maximum atomic E-state index is 13.6. The van der Waals surface area contributed by atoms with Crippen molar-refractivity contribution in [2.45, 2.75) is 53.4 Å². The molecular weight excluding hydrogens is 733 g/mol. The van der Waals surface area contributed by atoms with Crippen LogP contribution >= 0.6 is 0 Å². The highest BCUT2D eigenvalue weighted by Crippen LogP contribution is 2.33. The van der Waals surface area contributed by atoms with Gasteiger partial charge in [0.1, 0.15) is 29.9 Å². The van der Waals surface area contributed by atoms with Gasteiger partial charge in [0.2, 0.25) is 0 Å². The van der Waals surface area contributed by atoms with E-state index in [0.29, 0.717) is 33.4 Å². The summed E-state index contributed by atoms with van der Waals surface area (Å²) >= 11 is 0. The molecule has 0 aromatic heterocycles. The molecule has 0 aliphatic rings. The number of aliphatic carboxylic acids is 1. The van der Waals surface area contributed by atoms with Crippen LogP contribution < -0.4 is 0 Å². The highest BCUT2D eigenvalue weighted by molar-refractivity contribution is 6.06. The molecule has 298 valence electrons. The van der Waals surface area contributed by atoms with Crippen molar-refractivity contribution in [1.82, 2.24) is 0 Å². The summed E-state index contributed by atoms with van der Waals surface area (Å²) in [5.74, 6) is -3.96. The lowest BCUT2D eigenvalue weighted by Crippen LogP contribution is -2.33. The third-order valence-corrected chi connectivity index (χ3v) is 9.25. The Morgan fingerprint density at radius 1 is 0.569 bits per heavy atom. The fourth-order valence-corrected chi connectivity index (χ4v) is 6.36. The van der Waals surface area contributed by atoms with E-state index in [9.17, 15) is 34.8 Å². The topological polar surface area (TPSA) is 164 Å². The number of carbonyl (C=O) groups is 4. The van der Waals surface area contributed by atoms with Crippen molar-refractivity contribution in [3.05, 3.63) is 155 Å². The van der Waals surface area contributed by atoms with Crippen LogP contribution in [0.5, 0.6) is 0 Å². The van der Waals surface area contributed by atoms with E-state index in [4.69, 9.17) is 14.2 Å². The fraction of sp³-hybridized carbons (Fsp3) is 0.292. The molecule has 0 spiro atoms. The smallest absolute Gasteiger partial charge is 0.349 e. The molecule has 0 amide bonds. The lowest BCUT2D eigenvalue weighted by molar-refractivity contribution is -0.156. The van der Waals surface area contributed by atoms with Gasteiger partial charge in [0.15, 0.2) is 0 Å². The average Bonchev–Trinajstić information content (AvgIpc) is 3.22. The zero-order valence-corrected chi connectivity index (χ0v) is 33.3. The van der Waals surface area contributed by atoms with Gasteiger partial charge in [-0.15, -0.1) is 0 Å². The van der Waals surface area contributed by atoms with Gasteiger partial charge in [0.25, 0.3) is 0 Å². The highest BCUT2D eigenvalue weighted by Gasteiger charge is 2.33. The van der Waals surface area contributed by atoms with Crippen molar-refractivity contribution in [2.75, 3.05) is 19.8 Å². The lowest BCUT2D eigenvalue weighted by atomic mass is 9.81. The zero-order valence-electron chi connectivity index (χ0n) is 33.3. The van der Waals surface area contributed by atoms with E-state index in [1.165, 1.54) is 0 Å². The number of benzene rings is 4. The maximum absolute atomic E-state index is 13.6. The molecule has 1 atom stereocenters. The minimum Gasteiger partial charge on any atom is -0.481 e. The maximum Gasteiger partial charge on any atom is 0.349 e. The van der Waals surface area contributed by atoms with Crippen LogP contribution in [0.3, 0.4) is 0 Å². The van der Waals surface area contributed by atoms with Gasteiger partial charge < -0.3 is 19.3 Å². The van der Waals surface area contributed by atoms with Gasteiger partial charge in [-0.2, -0.15) is 10.5 Å². The molecule has 0 radical (unpaired) electrons. The van der Waals surface area contributed by atoms with Crippen molar-refractivity contribution in [3.63, 3.8) is 0 Å². The van der Waals surface area contributed by atoms with Gasteiger partial charge >= 0.3 is 23.9 Å². The van der Waals surface area contributed by atoms with Crippen LogP contribution in [0.4, 0.5) is 0 Å². The van der Waals surface area contributed by atoms with E-state index in [-0.39, 0.29) is 56.7 Å². The Kier molecular flexibility index (Phi) is 15.9. The molecule has 4 aromatic rings. The minimum atomic E-state index is -1.000. The molecule has 0 fully saturated rings. The third-order valence-electron chi connectivity index (χ3n) is 9.25. The molecule has 0 heterocycles. The Morgan fingerprint density at radius 2 is 0.914 bits per heavy atom. The Bertz CT molecular complexity index is 2100. The van der Waals surface area contributed by atoms with Crippen LogP contribution in [-0.4, -0.2) is 48.8 Å². The van der Waals surface area contributed by atoms with E-state index in [1.54, 1.807) is 13.8 Å². The van der Waals surface area contributed by atoms with Crippen LogP contribution in [0.1, 0.15) is 75.6 Å². The van der Waals surface area contributed by atoms with Crippen molar-refractivity contribution in [2.24, 2.45) is 16.7 Å². The quantitative estimate of drug-likeness (QED) is 0.0420. The van der Waals surface area contributed by atoms with E-state index >= 15 is 0 Å². The van der Waals surface area contributed by atoms with Gasteiger partial charge in [-0.1, -0.05) is 149 Å². The van der Waals surface area contributed by atoms with Crippen molar-refractivity contribution >= 4 is 35.0 Å². The SMILES string of the molecule is CC(C)(COC(=O)C(C#N)=C(c1ccccc1)c1ccccc1)COC(=O)C(CCCC(=O)O)CC(C)(C)COC(=O)C(C#N)=C(c1ccccc1)c1ccccc1. The van der Waals surface area contributed by atoms with Gasteiger partial charge in [0, 0.05) is 23.0 Å². The highest BCUT2D eigenvalue weighted by atomic mass is 16.6. The Morgan fingerprint density at radius 3 is 1.26 bits per heavy atom. The van der Waals surface area contributed by atoms with Crippen LogP contribution in [0.25, 0.3) is 11.1 Å². The molecule has 0 saturated carbocycles. The molecule has 4 aromatic carbocycles. The molecule has 0 aliphatic carbocycles. The molecule has 1 N–H and O–H groups in total. The average molecular weight is 781 g/mol. The van der Waals surface area contributed by atoms with Gasteiger partial charge in [-0.05, 0) is 46.9 Å². The van der Waals surface area contributed by atoms with Crippen LogP contribution in [0.2, 0.25) is 0 Å². The summed E-state index contributed by atoms with van der Waals surface area (Å²) in [6, 6.07) is 40.4. The first kappa shape index (κ1) is 43.9. The fourth-order valence-electron chi connectivity index (χ4n) is 6.36. The Labute approximate surface area is 340 Å². The summed E-state index contributed by atoms with van der Waals surface area (Å²) in [4.78, 5) is 52.0. The normalized spacial score (nSPS) is 11.5. The van der Waals surface area contributed by atoms with Crippen LogP contribution in [-0.2, 0) is 33.4 Å². The molecule has 1 unspecified atom stereocenters. The van der Waals surface area contributed by atoms with E-state index in [1.807, 2.05) is 147 Å². The number of rotatable bonds is 19. The Balaban J connectivity index is 1.45. The summed E-state index contributed by atoms with van der Waals surface area (Å²) in [5.41, 5.74) is 1.58. The Hall–Kier alpha value is -6.78. The number of hydrogen-bond acceptors (Lipinski definition) is 9. The summed E-state index contributed by atoms with van der Waals surface area (Å²) < 4.78 is 17.2. The molecule has 0 bridgehead atoms. The minimum absolute atomic E-state index is 0.138. The number of carbonyl (C=O) groups excluding carboxylic acids is 3. The van der Waals surface area contributed by atoms with E-state index in [0.717, 1.165) is 0 Å². The zero-order chi connectivity index (χ0) is 42.1. The number of ether oxygens (including phenoxy) is 3. The monoisotopic (exact) mass is 780 g/mol. The number of carboxylic acid groups (broad SMARTS) is 1. The van der Waals surface area contributed by atoms with Crippen LogP contribution in [0.15, 0.2) is 132 Å². The molecular formula is C48H48N2O8. The second-order valence-corrected chi connectivity index (χ2v) is 15.5. The number of nitrogens with zero attached hydrogens (tertiary/aromatic N) is 2. The molecule has 58 heavy (non-hydrogen) atoms. The van der Waals surface area contributed by atoms with E-state index in [2.05, 4.69) is 0 Å². The number of nitriles is 2. The first-order valence-electron chi connectivity index (χ1n) is 19.0. The van der Waals surface area contributed by atoms with Crippen LogP contribution in [0, 0.1) is 39.4 Å². The second-order valence-electron chi connectivity index (χ2n) is 15.5. The predicted molar refractivity (Wildman–Crippen MR) is 219 cm³/mol. The standard InChI is InChI=1S/C48H48N2O8/c1-47(2,31-57-45(54)39(29-49)42(34-18-9-5-10-19-34)35-20-11-6-12-21-35)28-38(26-17-27-41(51)52)44(53)56-32-48(3,4)33-58-46(55)40(30-50)43(36-22-13-7-14-23-36)37-24-15-8-16-25-37/h5-16,18-25,38H,17,26-28,31-33H2,1-4H3,(H,51,52). The van der Waals surface area contributed by atoms with Gasteiger partial charge in [-0.25, -0.2) is 9.59 Å². The molecule has 4 rings (SSSR count). The summed E-state index contributed by atoms with van der Waals surface area (Å²) in [6.07, 6.45) is 0.439. The van der Waals surface area contributed by atoms with Gasteiger partial charge in [-0.3, -0.25) is 9.59 Å². The first-order chi connectivity index (χ1) is 27.7. The summed E-state index contributed by atoms with van der Waals surface area (Å²) in [7, 11) is 0. The van der Waals surface area contributed by atoms with Crippen molar-refractivity contribution in [3.8, 4) is 12.1 Å². The molecule has 0 aliphatic heterocycles. The molecule has 0 saturated heterocycles. The van der Waals surface area contributed by atoms with E-state index < -0.39 is 40.6 Å². The number of hydrogen-bond donors (Lipinski definition) is 1. The second kappa shape index (κ2) is 20.9. The van der Waals surface area contributed by atoms with Crippen molar-refractivity contribution in [1.29, 1.82) is 10.5 Å². The lowest BCUT2D eigenvalue weighted by Gasteiger charge is -2.30. The third kappa shape index (κ3) is 12.9. The largest absolute Gasteiger partial charge is 0.481 e. The predicted octanol–water partition coefficient (Wildman–Crippen LogP) is 8.98. The first-order valence-corrected chi connectivity index (χ1v) is 19.0. The summed E-state index contributed by atoms with van der Waals surface area (Å²) in [5, 5.41) is 29.6. The number of esters is 3.